The number of likely N-dealkylation sites (N-methyl/N-ethyl adjacent to an activating group) is 1. The van der Waals surface area contributed by atoms with E-state index in [-0.39, 0.29) is 41.9 Å². The van der Waals surface area contributed by atoms with Crippen molar-refractivity contribution >= 4 is 22.8 Å². The van der Waals surface area contributed by atoms with Gasteiger partial charge in [0.05, 0.1) is 5.39 Å². The fourth-order valence-corrected chi connectivity index (χ4v) is 4.64. The molecule has 2 fully saturated rings. The van der Waals surface area contributed by atoms with Crippen LogP contribution in [0.3, 0.4) is 0 Å². The molecular weight excluding hydrogens is 458 g/mol. The van der Waals surface area contributed by atoms with Crippen LogP contribution in [0, 0.1) is 11.6 Å². The molecular formula is C24H26F2N6O3. The Bertz CT molecular complexity index is 1250. The minimum atomic E-state index is -0.982. The Kier molecular flexibility index (Phi) is 6.33. The summed E-state index contributed by atoms with van der Waals surface area (Å²) in [5.41, 5.74) is -0.117. The molecule has 2 aliphatic heterocycles. The van der Waals surface area contributed by atoms with E-state index in [9.17, 15) is 14.3 Å². The van der Waals surface area contributed by atoms with Crippen molar-refractivity contribution < 1.29 is 23.4 Å². The molecule has 2 saturated heterocycles. The number of hydrogen-bond donors (Lipinski definition) is 1. The second-order valence-corrected chi connectivity index (χ2v) is 8.84. The van der Waals surface area contributed by atoms with Gasteiger partial charge in [-0.2, -0.15) is 9.97 Å². The van der Waals surface area contributed by atoms with E-state index < -0.39 is 17.7 Å². The Labute approximate surface area is 201 Å². The Morgan fingerprint density at radius 3 is 2.60 bits per heavy atom. The number of fused-ring (bicyclic) bond motifs is 1. The number of anilines is 1. The first kappa shape index (κ1) is 23.2. The highest BCUT2D eigenvalue weighted by molar-refractivity contribution is 5.92. The van der Waals surface area contributed by atoms with Gasteiger partial charge in [0.1, 0.15) is 29.5 Å². The molecule has 9 nitrogen and oxygen atoms in total. The highest BCUT2D eigenvalue weighted by Gasteiger charge is 2.27. The maximum absolute atomic E-state index is 15.7. The van der Waals surface area contributed by atoms with E-state index in [0.717, 1.165) is 19.4 Å². The topological polar surface area (TPSA) is 94.9 Å². The number of benzene rings is 1. The zero-order chi connectivity index (χ0) is 24.5. The molecule has 2 aromatic heterocycles. The third kappa shape index (κ3) is 4.55. The molecule has 0 aliphatic carbocycles. The lowest BCUT2D eigenvalue weighted by Crippen LogP contribution is -2.48. The van der Waals surface area contributed by atoms with E-state index in [1.807, 2.05) is 11.9 Å². The first-order valence-corrected chi connectivity index (χ1v) is 11.6. The molecule has 184 valence electrons. The van der Waals surface area contributed by atoms with E-state index >= 15 is 4.39 Å². The lowest BCUT2D eigenvalue weighted by molar-refractivity contribution is 0.142. The molecule has 0 bridgehead atoms. The number of halogens is 2. The molecule has 1 aromatic carbocycles. The first-order chi connectivity index (χ1) is 16.9. The molecule has 35 heavy (non-hydrogen) atoms. The van der Waals surface area contributed by atoms with Crippen LogP contribution >= 0.6 is 0 Å². The summed E-state index contributed by atoms with van der Waals surface area (Å²) in [6.07, 6.45) is 2.52. The molecule has 4 heterocycles. The number of amides is 1. The summed E-state index contributed by atoms with van der Waals surface area (Å²) < 4.78 is 36.1. The summed E-state index contributed by atoms with van der Waals surface area (Å²) in [5.74, 6) is -0.928. The Morgan fingerprint density at radius 1 is 1.14 bits per heavy atom. The molecule has 11 heteroatoms. The van der Waals surface area contributed by atoms with E-state index in [4.69, 9.17) is 4.74 Å². The monoisotopic (exact) mass is 484 g/mol. The van der Waals surface area contributed by atoms with E-state index in [1.165, 1.54) is 29.3 Å². The number of piperazine rings is 1. The van der Waals surface area contributed by atoms with Gasteiger partial charge in [0.25, 0.3) is 0 Å². The van der Waals surface area contributed by atoms with Crippen LogP contribution in [-0.4, -0.2) is 88.4 Å². The number of aromatic nitrogens is 3. The fourth-order valence-electron chi connectivity index (χ4n) is 4.64. The van der Waals surface area contributed by atoms with Crippen molar-refractivity contribution in [3.8, 4) is 17.3 Å². The van der Waals surface area contributed by atoms with E-state index in [0.29, 0.717) is 30.9 Å². The lowest BCUT2D eigenvalue weighted by atomic mass is 10.1. The molecule has 2 aliphatic rings. The van der Waals surface area contributed by atoms with Gasteiger partial charge in [0.2, 0.25) is 0 Å². The van der Waals surface area contributed by atoms with Gasteiger partial charge < -0.3 is 24.5 Å². The van der Waals surface area contributed by atoms with Crippen molar-refractivity contribution in [2.75, 3.05) is 51.3 Å². The predicted molar refractivity (Wildman–Crippen MR) is 126 cm³/mol. The third-order valence-electron chi connectivity index (χ3n) is 6.70. The number of pyridine rings is 1. The number of ether oxygens (including phenoxy) is 1. The van der Waals surface area contributed by atoms with Crippen LogP contribution in [0.2, 0.25) is 0 Å². The van der Waals surface area contributed by atoms with Crippen LogP contribution in [0.15, 0.2) is 30.5 Å². The smallest absolute Gasteiger partial charge is 0.407 e. The largest absolute Gasteiger partial charge is 0.465 e. The lowest BCUT2D eigenvalue weighted by Gasteiger charge is -2.34. The number of hydrogen-bond acceptors (Lipinski definition) is 7. The van der Waals surface area contributed by atoms with Crippen molar-refractivity contribution in [2.24, 2.45) is 0 Å². The van der Waals surface area contributed by atoms with Gasteiger partial charge >= 0.3 is 12.1 Å². The maximum atomic E-state index is 15.7. The van der Waals surface area contributed by atoms with Crippen LogP contribution in [0.25, 0.3) is 22.2 Å². The number of nitrogens with zero attached hydrogens (tertiary/aromatic N) is 6. The highest BCUT2D eigenvalue weighted by atomic mass is 19.1. The summed E-state index contributed by atoms with van der Waals surface area (Å²) >= 11 is 0. The van der Waals surface area contributed by atoms with Crippen molar-refractivity contribution in [3.05, 3.63) is 42.1 Å². The predicted octanol–water partition coefficient (Wildman–Crippen LogP) is 3.24. The number of carboxylic acid groups (broad SMARTS) is 1. The van der Waals surface area contributed by atoms with Crippen molar-refractivity contribution in [1.29, 1.82) is 0 Å². The van der Waals surface area contributed by atoms with Gasteiger partial charge in [0.15, 0.2) is 5.82 Å². The average molecular weight is 485 g/mol. The molecule has 3 aromatic rings. The van der Waals surface area contributed by atoms with E-state index in [2.05, 4.69) is 19.9 Å². The molecule has 0 saturated carbocycles. The molecule has 1 atom stereocenters. The van der Waals surface area contributed by atoms with Gasteiger partial charge in [0, 0.05) is 44.0 Å². The third-order valence-corrected chi connectivity index (χ3v) is 6.70. The van der Waals surface area contributed by atoms with Crippen LogP contribution in [0.1, 0.15) is 12.8 Å². The fraction of sp³-hybridized carbons (Fsp3) is 0.417. The highest BCUT2D eigenvalue weighted by Crippen LogP contribution is 2.33. The van der Waals surface area contributed by atoms with Gasteiger partial charge in [-0.25, -0.2) is 13.6 Å². The number of likely N-dealkylation sites (tertiary alicyclic amines) is 1. The van der Waals surface area contributed by atoms with Crippen LogP contribution in [0.4, 0.5) is 19.4 Å². The molecule has 0 unspecified atom stereocenters. The SMILES string of the molecule is CN1CCC[C@H]1COc1nc(N2CCN(C(=O)O)CC2)c2cnc(-c3ccccc3F)c(F)c2n1. The average Bonchev–Trinajstić information content (AvgIpc) is 3.28. The quantitative estimate of drug-likeness (QED) is 0.590. The van der Waals surface area contributed by atoms with Crippen molar-refractivity contribution in [3.63, 3.8) is 0 Å². The normalized spacial score (nSPS) is 18.9. The summed E-state index contributed by atoms with van der Waals surface area (Å²) in [6, 6.07) is 6.10. The molecule has 5 rings (SSSR count). The second-order valence-electron chi connectivity index (χ2n) is 8.84. The Balaban J connectivity index is 1.55. The van der Waals surface area contributed by atoms with Gasteiger partial charge in [-0.05, 0) is 38.6 Å². The summed E-state index contributed by atoms with van der Waals surface area (Å²) in [5, 5.41) is 9.63. The van der Waals surface area contributed by atoms with E-state index in [1.54, 1.807) is 6.07 Å². The minimum Gasteiger partial charge on any atom is -0.465 e. The molecule has 0 spiro atoms. The Morgan fingerprint density at radius 2 is 1.91 bits per heavy atom. The maximum Gasteiger partial charge on any atom is 0.407 e. The molecule has 1 N–H and O–H groups in total. The Hall–Kier alpha value is -3.60. The molecule has 0 radical (unpaired) electrons. The van der Waals surface area contributed by atoms with Crippen molar-refractivity contribution in [1.82, 2.24) is 24.8 Å². The van der Waals surface area contributed by atoms with Crippen LogP contribution < -0.4 is 9.64 Å². The minimum absolute atomic E-state index is 0.0151. The standard InChI is InChI=1S/C24H26F2N6O3/c1-30-8-4-5-15(30)14-35-23-28-21-17(22(29-23)31-9-11-32(12-10-31)24(33)34)13-27-20(19(21)26)16-6-2-3-7-18(16)25/h2-3,6-7,13,15H,4-5,8-12,14H2,1H3,(H,33,34)/t15-/m0/s1. The second kappa shape index (κ2) is 9.57. The summed E-state index contributed by atoms with van der Waals surface area (Å²) in [4.78, 5) is 29.8. The van der Waals surface area contributed by atoms with Gasteiger partial charge in [-0.3, -0.25) is 4.98 Å². The van der Waals surface area contributed by atoms with Gasteiger partial charge in [-0.1, -0.05) is 12.1 Å². The number of rotatable bonds is 5. The molecule has 1 amide bonds. The number of carbonyl (C=O) groups is 1. The first-order valence-electron chi connectivity index (χ1n) is 11.6. The summed E-state index contributed by atoms with van der Waals surface area (Å²) in [7, 11) is 2.03. The van der Waals surface area contributed by atoms with Crippen molar-refractivity contribution in [2.45, 2.75) is 18.9 Å². The zero-order valence-electron chi connectivity index (χ0n) is 19.3. The van der Waals surface area contributed by atoms with Crippen LogP contribution in [-0.2, 0) is 0 Å². The van der Waals surface area contributed by atoms with Crippen LogP contribution in [0.5, 0.6) is 6.01 Å². The zero-order valence-corrected chi connectivity index (χ0v) is 19.3. The summed E-state index contributed by atoms with van der Waals surface area (Å²) in [6.45, 7) is 2.67. The van der Waals surface area contributed by atoms with Gasteiger partial charge in [-0.15, -0.1) is 0 Å².